The van der Waals surface area contributed by atoms with E-state index in [1.807, 2.05) is 43.4 Å². The normalized spacial score (nSPS) is 10.3. The van der Waals surface area contributed by atoms with Gasteiger partial charge in [-0.25, -0.2) is 9.82 Å². The molecule has 4 rings (SSSR count). The summed E-state index contributed by atoms with van der Waals surface area (Å²) in [5.74, 6) is 0.938. The predicted octanol–water partition coefficient (Wildman–Crippen LogP) is 3.97. The van der Waals surface area contributed by atoms with Gasteiger partial charge in [0.05, 0.1) is 30.0 Å². The van der Waals surface area contributed by atoms with Crippen LogP contribution in [0.2, 0.25) is 0 Å². The van der Waals surface area contributed by atoms with Crippen LogP contribution in [0.3, 0.4) is 0 Å². The maximum absolute atomic E-state index is 10.5. The Bertz CT molecular complexity index is 1140. The second-order valence-electron chi connectivity index (χ2n) is 6.44. The molecule has 0 atom stereocenters. The summed E-state index contributed by atoms with van der Waals surface area (Å²) in [6.07, 6.45) is 0.784. The highest BCUT2D eigenvalue weighted by molar-refractivity contribution is 7.21. The van der Waals surface area contributed by atoms with Gasteiger partial charge in [-0.1, -0.05) is 12.1 Å². The lowest BCUT2D eigenvalue weighted by molar-refractivity contribution is -0.830. The van der Waals surface area contributed by atoms with Crippen LogP contribution in [0.4, 0.5) is 11.4 Å². The van der Waals surface area contributed by atoms with Crippen LogP contribution in [0.1, 0.15) is 10.4 Å². The molecule has 0 aliphatic carbocycles. The number of thiazole rings is 1. The zero-order valence-corrected chi connectivity index (χ0v) is 18.3. The summed E-state index contributed by atoms with van der Waals surface area (Å²) in [4.78, 5) is 19.9. The first-order valence-corrected chi connectivity index (χ1v) is 10.3. The van der Waals surface area contributed by atoms with Crippen LogP contribution in [0, 0.1) is 0 Å². The van der Waals surface area contributed by atoms with Crippen LogP contribution in [0.5, 0.6) is 11.5 Å². The molecule has 1 aromatic heterocycles. The van der Waals surface area contributed by atoms with Crippen LogP contribution in [-0.2, 0) is 4.84 Å². The smallest absolute Gasteiger partial charge is 0.205 e. The fourth-order valence-electron chi connectivity index (χ4n) is 2.90. The standard InChI is InChI=1S/C14H12N2OS.C9H11NO3/c1-15-9-6-7-10(12(17)8-9)14-16-11-4-2-3-5-13(11)18-14;1-12-9-4-3-7(6-11)5-8(9)10-13-2/h2-8,15,17H,1H3;3-6,10H,1-2H3/p+1. The molecule has 4 N–H and O–H groups in total. The van der Waals surface area contributed by atoms with E-state index in [4.69, 9.17) is 9.57 Å². The van der Waals surface area contributed by atoms with Gasteiger partial charge < -0.3 is 15.2 Å². The molecule has 0 amide bonds. The van der Waals surface area contributed by atoms with Crippen molar-refractivity contribution in [1.29, 1.82) is 0 Å². The number of rotatable bonds is 6. The van der Waals surface area contributed by atoms with Crippen molar-refractivity contribution in [3.8, 4) is 22.1 Å². The molecule has 7 nitrogen and oxygen atoms in total. The molecule has 0 aliphatic heterocycles. The van der Waals surface area contributed by atoms with Crippen LogP contribution in [0.15, 0.2) is 60.7 Å². The Morgan fingerprint density at radius 2 is 1.90 bits per heavy atom. The Kier molecular flexibility index (Phi) is 7.55. The highest BCUT2D eigenvalue weighted by Crippen LogP contribution is 2.36. The lowest BCUT2D eigenvalue weighted by Crippen LogP contribution is -2.76. The maximum Gasteiger partial charge on any atom is 0.205 e. The fraction of sp³-hybridized carbons (Fsp3) is 0.130. The summed E-state index contributed by atoms with van der Waals surface area (Å²) in [7, 11) is 4.95. The molecule has 160 valence electrons. The minimum atomic E-state index is 0.251. The van der Waals surface area contributed by atoms with Crippen molar-refractivity contribution >= 4 is 39.2 Å². The van der Waals surface area contributed by atoms with Crippen molar-refractivity contribution < 1.29 is 25.0 Å². The number of anilines is 1. The first-order chi connectivity index (χ1) is 15.1. The summed E-state index contributed by atoms with van der Waals surface area (Å²) in [5, 5.41) is 13.9. The number of carbonyl (C=O) groups excluding carboxylic acids is 1. The van der Waals surface area contributed by atoms with Gasteiger partial charge in [0, 0.05) is 30.4 Å². The number of fused-ring (bicyclic) bond motifs is 1. The molecule has 0 radical (unpaired) electrons. The molecule has 1 heterocycles. The Morgan fingerprint density at radius 1 is 1.10 bits per heavy atom. The summed E-state index contributed by atoms with van der Waals surface area (Å²) < 4.78 is 6.20. The number of phenols is 1. The molecule has 0 aliphatic rings. The van der Waals surface area contributed by atoms with Gasteiger partial charge >= 0.3 is 0 Å². The molecule has 0 fully saturated rings. The van der Waals surface area contributed by atoms with Gasteiger partial charge in [0.1, 0.15) is 17.0 Å². The molecule has 0 saturated heterocycles. The SMILES string of the molecule is CNc1ccc(-c2nc3ccccc3s2)c(O)c1.CO[NH2+]c1cc(C=O)ccc1OC. The quantitative estimate of drug-likeness (QED) is 0.239. The first-order valence-electron chi connectivity index (χ1n) is 9.45. The maximum atomic E-state index is 10.5. The van der Waals surface area contributed by atoms with Crippen molar-refractivity contribution in [2.24, 2.45) is 0 Å². The lowest BCUT2D eigenvalue weighted by atomic mass is 10.2. The van der Waals surface area contributed by atoms with Gasteiger partial charge in [0.25, 0.3) is 0 Å². The minimum absolute atomic E-state index is 0.251. The van der Waals surface area contributed by atoms with E-state index in [-0.39, 0.29) is 5.75 Å². The minimum Gasteiger partial charge on any atom is -0.507 e. The van der Waals surface area contributed by atoms with Crippen molar-refractivity contribution in [2.75, 3.05) is 26.6 Å². The average Bonchev–Trinajstić information content (AvgIpc) is 3.23. The van der Waals surface area contributed by atoms with Crippen molar-refractivity contribution in [3.63, 3.8) is 0 Å². The molecular formula is C23H24N3O4S+. The Balaban J connectivity index is 0.000000187. The van der Waals surface area contributed by atoms with E-state index in [0.717, 1.165) is 38.4 Å². The van der Waals surface area contributed by atoms with Crippen molar-refractivity contribution in [1.82, 2.24) is 4.98 Å². The number of methoxy groups -OCH3 is 1. The lowest BCUT2D eigenvalue weighted by Gasteiger charge is -2.04. The molecule has 31 heavy (non-hydrogen) atoms. The van der Waals surface area contributed by atoms with Gasteiger partial charge in [0.2, 0.25) is 5.69 Å². The average molecular weight is 439 g/mol. The number of ether oxygens (including phenoxy) is 1. The summed E-state index contributed by atoms with van der Waals surface area (Å²) >= 11 is 1.59. The highest BCUT2D eigenvalue weighted by Gasteiger charge is 2.10. The second-order valence-corrected chi connectivity index (χ2v) is 7.47. The Morgan fingerprint density at radius 3 is 2.55 bits per heavy atom. The van der Waals surface area contributed by atoms with Gasteiger partial charge in [-0.2, -0.15) is 5.48 Å². The van der Waals surface area contributed by atoms with E-state index in [9.17, 15) is 9.90 Å². The van der Waals surface area contributed by atoms with Crippen LogP contribution >= 0.6 is 11.3 Å². The van der Waals surface area contributed by atoms with Crippen LogP contribution in [0.25, 0.3) is 20.8 Å². The molecule has 0 unspecified atom stereocenters. The monoisotopic (exact) mass is 438 g/mol. The number of aldehydes is 1. The van der Waals surface area contributed by atoms with Crippen LogP contribution < -0.4 is 15.5 Å². The number of quaternary nitrogens is 1. The number of nitrogens with zero attached hydrogens (tertiary/aromatic N) is 1. The number of aromatic nitrogens is 1. The van der Waals surface area contributed by atoms with E-state index in [1.165, 1.54) is 5.48 Å². The molecule has 0 saturated carbocycles. The van der Waals surface area contributed by atoms with Gasteiger partial charge in [0.15, 0.2) is 5.75 Å². The summed E-state index contributed by atoms with van der Waals surface area (Å²) in [5.41, 5.74) is 5.52. The Hall–Kier alpha value is -3.46. The number of para-hydroxylation sites is 1. The summed E-state index contributed by atoms with van der Waals surface area (Å²) in [6, 6.07) is 18.6. The molecular weight excluding hydrogens is 414 g/mol. The van der Waals surface area contributed by atoms with E-state index < -0.39 is 0 Å². The van der Waals surface area contributed by atoms with E-state index in [1.54, 1.807) is 49.8 Å². The van der Waals surface area contributed by atoms with E-state index in [0.29, 0.717) is 11.3 Å². The number of nitrogens with two attached hydrogens (primary N) is 1. The predicted molar refractivity (Wildman–Crippen MR) is 123 cm³/mol. The van der Waals surface area contributed by atoms with Gasteiger partial charge in [-0.3, -0.25) is 4.79 Å². The molecule has 0 bridgehead atoms. The Labute approximate surface area is 184 Å². The number of phenolic OH excluding ortho intramolecular Hbond substituents is 1. The second kappa shape index (κ2) is 10.5. The zero-order valence-electron chi connectivity index (χ0n) is 17.5. The number of nitrogens with one attached hydrogen (secondary N) is 1. The largest absolute Gasteiger partial charge is 0.507 e. The number of benzene rings is 3. The zero-order chi connectivity index (χ0) is 22.2. The van der Waals surface area contributed by atoms with Crippen molar-refractivity contribution in [2.45, 2.75) is 0 Å². The number of aromatic hydroxyl groups is 1. The van der Waals surface area contributed by atoms with E-state index in [2.05, 4.69) is 10.3 Å². The highest BCUT2D eigenvalue weighted by atomic mass is 32.1. The molecule has 4 aromatic rings. The molecule has 3 aromatic carbocycles. The van der Waals surface area contributed by atoms with Gasteiger partial charge in [-0.15, -0.1) is 11.3 Å². The summed E-state index contributed by atoms with van der Waals surface area (Å²) in [6.45, 7) is 0. The van der Waals surface area contributed by atoms with Crippen LogP contribution in [-0.4, -0.2) is 37.6 Å². The fourth-order valence-corrected chi connectivity index (χ4v) is 3.90. The molecule has 0 spiro atoms. The first kappa shape index (κ1) is 22.2. The van der Waals surface area contributed by atoms with Gasteiger partial charge in [-0.05, 0) is 36.4 Å². The topological polar surface area (TPSA) is 97.3 Å². The molecule has 8 heteroatoms. The third-order valence-corrected chi connectivity index (χ3v) is 5.52. The third kappa shape index (κ3) is 5.37. The third-order valence-electron chi connectivity index (χ3n) is 4.45. The number of hydrogen-bond acceptors (Lipinski definition) is 7. The van der Waals surface area contributed by atoms with E-state index >= 15 is 0 Å². The van der Waals surface area contributed by atoms with Crippen molar-refractivity contribution in [3.05, 3.63) is 66.2 Å². The number of carbonyl (C=O) groups is 1. The number of hydrogen-bond donors (Lipinski definition) is 3.